The molecule has 0 radical (unpaired) electrons. The lowest BCUT2D eigenvalue weighted by molar-refractivity contribution is -0.131. The van der Waals surface area contributed by atoms with Crippen LogP contribution in [0.3, 0.4) is 0 Å². The number of hydrogen-bond donors (Lipinski definition) is 0. The van der Waals surface area contributed by atoms with E-state index in [1.54, 1.807) is 13.1 Å². The van der Waals surface area contributed by atoms with Crippen LogP contribution in [0.2, 0.25) is 5.02 Å². The Balaban J connectivity index is 1.97. The Bertz CT molecular complexity index is 627. The molecule has 0 aliphatic carbocycles. The van der Waals surface area contributed by atoms with E-state index in [1.165, 1.54) is 17.0 Å². The quantitative estimate of drug-likeness (QED) is 0.849. The number of rotatable bonds is 4. The molecular weight excluding hydrogens is 317 g/mol. The van der Waals surface area contributed by atoms with Crippen molar-refractivity contribution in [3.05, 3.63) is 34.6 Å². The number of sulfone groups is 1. The predicted octanol–water partition coefficient (Wildman–Crippen LogP) is 2.26. The minimum Gasteiger partial charge on any atom is -0.341 e. The number of amides is 1. The van der Waals surface area contributed by atoms with Crippen LogP contribution in [0.1, 0.15) is 18.4 Å². The second-order valence-corrected chi connectivity index (χ2v) is 8.06. The zero-order valence-corrected chi connectivity index (χ0v) is 13.3. The molecule has 1 aromatic carbocycles. The summed E-state index contributed by atoms with van der Waals surface area (Å²) in [4.78, 5) is 13.5. The van der Waals surface area contributed by atoms with Crippen molar-refractivity contribution in [2.45, 2.75) is 19.4 Å². The molecule has 1 aliphatic rings. The highest BCUT2D eigenvalue weighted by molar-refractivity contribution is 7.91. The lowest BCUT2D eigenvalue weighted by atomic mass is 10.0. The predicted molar refractivity (Wildman–Crippen MR) is 79.3 cm³/mol. The molecule has 116 valence electrons. The number of halogens is 2. The smallest absolute Gasteiger partial charge is 0.222 e. The molecule has 0 spiro atoms. The molecule has 0 saturated carbocycles. The summed E-state index contributed by atoms with van der Waals surface area (Å²) in [7, 11) is -1.43. The van der Waals surface area contributed by atoms with Crippen molar-refractivity contribution in [1.82, 2.24) is 4.90 Å². The first-order chi connectivity index (χ1) is 9.78. The SMILES string of the molecule is CN(Cc1c(F)cccc1Cl)C(=O)CC1CCS(=O)(=O)C1. The van der Waals surface area contributed by atoms with E-state index in [9.17, 15) is 17.6 Å². The Kier molecular flexibility index (Phi) is 4.88. The second kappa shape index (κ2) is 6.32. The van der Waals surface area contributed by atoms with Crippen molar-refractivity contribution >= 4 is 27.3 Å². The lowest BCUT2D eigenvalue weighted by Gasteiger charge is -2.20. The molecule has 1 amide bonds. The number of benzene rings is 1. The molecule has 1 unspecified atom stereocenters. The van der Waals surface area contributed by atoms with Gasteiger partial charge in [-0.25, -0.2) is 12.8 Å². The summed E-state index contributed by atoms with van der Waals surface area (Å²) in [6, 6.07) is 4.37. The van der Waals surface area contributed by atoms with Crippen molar-refractivity contribution < 1.29 is 17.6 Å². The molecule has 1 heterocycles. The maximum Gasteiger partial charge on any atom is 0.222 e. The Morgan fingerprint density at radius 2 is 2.19 bits per heavy atom. The van der Waals surface area contributed by atoms with E-state index in [0.29, 0.717) is 6.42 Å². The molecule has 1 atom stereocenters. The molecule has 21 heavy (non-hydrogen) atoms. The fraction of sp³-hybridized carbons (Fsp3) is 0.500. The van der Waals surface area contributed by atoms with Crippen LogP contribution in [0.5, 0.6) is 0 Å². The van der Waals surface area contributed by atoms with E-state index < -0.39 is 15.7 Å². The Hall–Kier alpha value is -1.14. The van der Waals surface area contributed by atoms with Gasteiger partial charge in [-0.3, -0.25) is 4.79 Å². The molecule has 1 aromatic rings. The Labute approximate surface area is 128 Å². The highest BCUT2D eigenvalue weighted by Gasteiger charge is 2.30. The summed E-state index contributed by atoms with van der Waals surface area (Å²) < 4.78 is 36.4. The van der Waals surface area contributed by atoms with Gasteiger partial charge in [-0.05, 0) is 24.5 Å². The minimum atomic E-state index is -2.99. The Morgan fingerprint density at radius 3 is 2.76 bits per heavy atom. The topological polar surface area (TPSA) is 54.5 Å². The van der Waals surface area contributed by atoms with Crippen LogP contribution in [0, 0.1) is 11.7 Å². The van der Waals surface area contributed by atoms with Gasteiger partial charge in [-0.15, -0.1) is 0 Å². The van der Waals surface area contributed by atoms with Crippen LogP contribution < -0.4 is 0 Å². The fourth-order valence-corrected chi connectivity index (χ4v) is 4.53. The zero-order valence-electron chi connectivity index (χ0n) is 11.7. The van der Waals surface area contributed by atoms with Gasteiger partial charge in [0, 0.05) is 30.6 Å². The van der Waals surface area contributed by atoms with Gasteiger partial charge in [0.05, 0.1) is 11.5 Å². The summed E-state index contributed by atoms with van der Waals surface area (Å²) in [5.41, 5.74) is 0.272. The number of hydrogen-bond acceptors (Lipinski definition) is 3. The molecule has 0 bridgehead atoms. The van der Waals surface area contributed by atoms with E-state index in [4.69, 9.17) is 11.6 Å². The van der Waals surface area contributed by atoms with Crippen LogP contribution in [-0.4, -0.2) is 37.8 Å². The fourth-order valence-electron chi connectivity index (χ4n) is 2.44. The highest BCUT2D eigenvalue weighted by Crippen LogP contribution is 2.24. The highest BCUT2D eigenvalue weighted by atomic mass is 35.5. The molecule has 7 heteroatoms. The third kappa shape index (κ3) is 4.17. The number of carbonyl (C=O) groups is 1. The van der Waals surface area contributed by atoms with Gasteiger partial charge in [0.25, 0.3) is 0 Å². The van der Waals surface area contributed by atoms with Crippen molar-refractivity contribution in [2.75, 3.05) is 18.6 Å². The van der Waals surface area contributed by atoms with E-state index in [1.807, 2.05) is 0 Å². The third-order valence-corrected chi connectivity index (χ3v) is 5.86. The van der Waals surface area contributed by atoms with Gasteiger partial charge >= 0.3 is 0 Å². The molecule has 1 fully saturated rings. The third-order valence-electron chi connectivity index (χ3n) is 3.67. The molecule has 0 N–H and O–H groups in total. The summed E-state index contributed by atoms with van der Waals surface area (Å²) in [6.45, 7) is 0.0732. The maximum absolute atomic E-state index is 13.7. The molecule has 1 aliphatic heterocycles. The maximum atomic E-state index is 13.7. The van der Waals surface area contributed by atoms with Crippen molar-refractivity contribution in [3.63, 3.8) is 0 Å². The van der Waals surface area contributed by atoms with Crippen LogP contribution in [-0.2, 0) is 21.2 Å². The average Bonchev–Trinajstić information content (AvgIpc) is 2.73. The van der Waals surface area contributed by atoms with Gasteiger partial charge in [0.15, 0.2) is 9.84 Å². The minimum absolute atomic E-state index is 0.0625. The Morgan fingerprint density at radius 1 is 1.48 bits per heavy atom. The molecule has 0 aromatic heterocycles. The molecule has 2 rings (SSSR count). The molecular formula is C14H17ClFNO3S. The average molecular weight is 334 g/mol. The lowest BCUT2D eigenvalue weighted by Crippen LogP contribution is -2.28. The van der Waals surface area contributed by atoms with Gasteiger partial charge < -0.3 is 4.90 Å². The van der Waals surface area contributed by atoms with Crippen molar-refractivity contribution in [2.24, 2.45) is 5.92 Å². The van der Waals surface area contributed by atoms with Crippen LogP contribution in [0.4, 0.5) is 4.39 Å². The standard InChI is InChI=1S/C14H17ClFNO3S/c1-17(8-11-12(15)3-2-4-13(11)16)14(18)7-10-5-6-21(19,20)9-10/h2-4,10H,5-9H2,1H3. The van der Waals surface area contributed by atoms with Crippen molar-refractivity contribution in [3.8, 4) is 0 Å². The van der Waals surface area contributed by atoms with Gasteiger partial charge in [0.2, 0.25) is 5.91 Å². The summed E-state index contributed by atoms with van der Waals surface area (Å²) in [5.74, 6) is -0.580. The number of carbonyl (C=O) groups excluding carboxylic acids is 1. The van der Waals surface area contributed by atoms with Gasteiger partial charge in [-0.2, -0.15) is 0 Å². The van der Waals surface area contributed by atoms with Crippen LogP contribution >= 0.6 is 11.6 Å². The summed E-state index contributed by atoms with van der Waals surface area (Å²) in [6.07, 6.45) is 0.685. The second-order valence-electron chi connectivity index (χ2n) is 5.42. The first-order valence-electron chi connectivity index (χ1n) is 6.66. The van der Waals surface area contributed by atoms with E-state index >= 15 is 0 Å². The van der Waals surface area contributed by atoms with Crippen LogP contribution in [0.25, 0.3) is 0 Å². The van der Waals surface area contributed by atoms with Gasteiger partial charge in [-0.1, -0.05) is 17.7 Å². The first kappa shape index (κ1) is 16.2. The summed E-state index contributed by atoms with van der Waals surface area (Å²) >= 11 is 5.93. The van der Waals surface area contributed by atoms with E-state index in [0.717, 1.165) is 0 Å². The van der Waals surface area contributed by atoms with Gasteiger partial charge in [0.1, 0.15) is 5.82 Å². The van der Waals surface area contributed by atoms with E-state index in [-0.39, 0.29) is 46.9 Å². The monoisotopic (exact) mass is 333 g/mol. The molecule has 4 nitrogen and oxygen atoms in total. The zero-order chi connectivity index (χ0) is 15.6. The first-order valence-corrected chi connectivity index (χ1v) is 8.86. The van der Waals surface area contributed by atoms with Crippen molar-refractivity contribution in [1.29, 1.82) is 0 Å². The normalized spacial score (nSPS) is 20.4. The molecule has 1 saturated heterocycles. The largest absolute Gasteiger partial charge is 0.341 e. The number of nitrogens with zero attached hydrogens (tertiary/aromatic N) is 1. The summed E-state index contributed by atoms with van der Waals surface area (Å²) in [5, 5.41) is 0.276. The van der Waals surface area contributed by atoms with E-state index in [2.05, 4.69) is 0 Å². The van der Waals surface area contributed by atoms with Crippen LogP contribution in [0.15, 0.2) is 18.2 Å².